The van der Waals surface area contributed by atoms with Crippen molar-refractivity contribution in [2.24, 2.45) is 17.8 Å². The van der Waals surface area contributed by atoms with E-state index >= 15 is 0 Å². The molecule has 1 fully saturated rings. The van der Waals surface area contributed by atoms with Crippen molar-refractivity contribution in [3.05, 3.63) is 47.1 Å². The van der Waals surface area contributed by atoms with E-state index in [0.717, 1.165) is 61.6 Å². The van der Waals surface area contributed by atoms with Gasteiger partial charge in [-0.15, -0.1) is 0 Å². The molecule has 21 nitrogen and oxygen atoms in total. The molecule has 2 bridgehead atoms. The Morgan fingerprint density at radius 1 is 0.897 bits per heavy atom. The lowest BCUT2D eigenvalue weighted by Gasteiger charge is -2.40. The van der Waals surface area contributed by atoms with Gasteiger partial charge in [0.15, 0.2) is 6.10 Å². The van der Waals surface area contributed by atoms with Crippen molar-refractivity contribution in [2.45, 2.75) is 185 Å². The fraction of sp³-hybridized carbons (Fsp3) is 0.778. The van der Waals surface area contributed by atoms with Crippen molar-refractivity contribution >= 4 is 33.4 Å². The Kier molecular flexibility index (Phi) is 26.9. The minimum atomic E-state index is -5.69. The van der Waals surface area contributed by atoms with Crippen molar-refractivity contribution < 1.29 is 81.6 Å². The Bertz CT molecular complexity index is 1870. The smallest absolute Gasteiger partial charge is 0.461 e. The highest BCUT2D eigenvalue weighted by Crippen LogP contribution is 2.60. The second-order valence-corrected chi connectivity index (χ2v) is 20.9. The van der Waals surface area contributed by atoms with Crippen LogP contribution in [0.3, 0.4) is 0 Å². The Balaban J connectivity index is 1.88. The van der Waals surface area contributed by atoms with Crippen molar-refractivity contribution in [3.63, 3.8) is 0 Å². The first-order valence-electron chi connectivity index (χ1n) is 24.0. The van der Waals surface area contributed by atoms with Gasteiger partial charge in [0.1, 0.15) is 30.9 Å². The number of carbonyl (C=O) groups is 2. The monoisotopic (exact) mass is 1010 g/mol. The molecule has 9 N–H and O–H groups in total. The molecule has 1 aromatic rings. The zero-order valence-corrected chi connectivity index (χ0v) is 41.4. The molecule has 3 heterocycles. The van der Waals surface area contributed by atoms with Gasteiger partial charge in [0.25, 0.3) is 0 Å². The number of hydrogen-bond acceptors (Lipinski definition) is 18. The topological polar surface area (TPSA) is 326 Å². The number of ether oxygens (including phenoxy) is 3. The minimum Gasteiger partial charge on any atom is -0.461 e. The third-order valence-corrected chi connectivity index (χ3v) is 14.8. The zero-order chi connectivity index (χ0) is 50.3. The number of allylic oxidation sites excluding steroid dienone is 1. The lowest BCUT2D eigenvalue weighted by Crippen LogP contribution is -2.52. The molecular formula is C45H77N3O18P2. The summed E-state index contributed by atoms with van der Waals surface area (Å²) in [5, 5.41) is 57.2. The number of aliphatic hydroxyl groups is 5. The molecule has 3 rings (SSSR count). The molecule has 1 saturated heterocycles. The number of carbonyl (C=O) groups excluding carboxylic acids is 2. The fourth-order valence-corrected chi connectivity index (χ4v) is 10.0. The Morgan fingerprint density at radius 2 is 1.54 bits per heavy atom. The standard InChI is InChI=1S/C45H77N3O18P2/c1-4-6-13-19-32(49)23-24-34-36(50)27-37(51)35-20-16-17-21-40(52)61-28-33(64-41(53)22-15-12-10-8-7-9-11-14-18-31(3)5-2)29-62-67(57,58)66-68(59,60)63-30-38(43(55)42(34)54)65-44(35)48-26-25-39(46)47-45(48)56/h16-17,23-26,31-38,42-44,49-51,54-55H,4-15,18-22,27-30H2,1-3H3,(H,57,58)(H,59,60)(H2,46,47,56)/b17-16-,24-23?/t31?,32-,33-,34+,35-,36-,37+,38-,42+,43-,44-/m1/s1. The number of nitrogens with zero attached hydrogens (tertiary/aromatic N) is 2. The van der Waals surface area contributed by atoms with Gasteiger partial charge >= 0.3 is 33.3 Å². The van der Waals surface area contributed by atoms with Crippen LogP contribution in [0.25, 0.3) is 0 Å². The van der Waals surface area contributed by atoms with Crippen molar-refractivity contribution in [1.29, 1.82) is 0 Å². The van der Waals surface area contributed by atoms with E-state index in [9.17, 15) is 58.8 Å². The molecular weight excluding hydrogens is 932 g/mol. The van der Waals surface area contributed by atoms with Crippen LogP contribution in [-0.4, -0.2) is 119 Å². The number of esters is 2. The summed E-state index contributed by atoms with van der Waals surface area (Å²) in [5.74, 6) is -3.69. The SMILES string of the molecule is CCCCC[C@@H](O)C=C[C@@H]1[C@H](O)[C@H](O)[C@H]2COP(=O)(O)OP(=O)(O)OC[C@H](OC(=O)CCCCCCCCCCC(C)CC)COC(=O)C/C=C\C[C@@H]([C@H](n3ccc(N)nc3=O)O2)[C@@H](O)C[C@H]1O. The van der Waals surface area contributed by atoms with E-state index in [2.05, 4.69) is 23.1 Å². The van der Waals surface area contributed by atoms with Crippen LogP contribution in [-0.2, 0) is 46.3 Å². The van der Waals surface area contributed by atoms with Crippen LogP contribution in [0.4, 0.5) is 5.82 Å². The molecule has 68 heavy (non-hydrogen) atoms. The van der Waals surface area contributed by atoms with Gasteiger partial charge in [0, 0.05) is 30.9 Å². The van der Waals surface area contributed by atoms with E-state index in [-0.39, 0.29) is 25.1 Å². The molecule has 0 amide bonds. The van der Waals surface area contributed by atoms with Crippen molar-refractivity contribution in [3.8, 4) is 0 Å². The van der Waals surface area contributed by atoms with Gasteiger partial charge < -0.3 is 55.3 Å². The van der Waals surface area contributed by atoms with Gasteiger partial charge in [0.05, 0.1) is 44.1 Å². The molecule has 13 atom stereocenters. The first-order valence-corrected chi connectivity index (χ1v) is 27.0. The van der Waals surface area contributed by atoms with E-state index in [4.69, 9.17) is 29.0 Å². The normalized spacial score (nSPS) is 32.0. The number of cyclic esters (lactones) is 1. The maximum Gasteiger partial charge on any atom is 0.481 e. The van der Waals surface area contributed by atoms with Crippen molar-refractivity contribution in [2.75, 3.05) is 25.6 Å². The lowest BCUT2D eigenvalue weighted by atomic mass is 9.82. The van der Waals surface area contributed by atoms with Gasteiger partial charge in [-0.05, 0) is 31.2 Å². The first-order chi connectivity index (χ1) is 32.3. The number of rotatable bonds is 20. The molecule has 0 spiro atoms. The number of phosphoric ester groups is 2. The van der Waals surface area contributed by atoms with Crippen LogP contribution in [0.15, 0.2) is 41.4 Å². The van der Waals surface area contributed by atoms with Crippen LogP contribution in [0.2, 0.25) is 0 Å². The number of hydrogen-bond donors (Lipinski definition) is 8. The summed E-state index contributed by atoms with van der Waals surface area (Å²) < 4.78 is 58.6. The Labute approximate surface area is 399 Å². The number of aromatic nitrogens is 2. The molecule has 0 radical (unpaired) electrons. The summed E-state index contributed by atoms with van der Waals surface area (Å²) in [4.78, 5) is 64.0. The van der Waals surface area contributed by atoms with Gasteiger partial charge in [0.2, 0.25) is 0 Å². The van der Waals surface area contributed by atoms with Crippen LogP contribution in [0, 0.1) is 17.8 Å². The van der Waals surface area contributed by atoms with E-state index in [1.54, 1.807) is 0 Å². The second-order valence-electron chi connectivity index (χ2n) is 17.8. The third-order valence-electron chi connectivity index (χ3n) is 12.2. The minimum absolute atomic E-state index is 0.0134. The molecule has 0 aromatic carbocycles. The van der Waals surface area contributed by atoms with Gasteiger partial charge in [-0.25, -0.2) is 13.9 Å². The number of nitrogens with two attached hydrogens (primary N) is 1. The molecule has 0 saturated carbocycles. The largest absolute Gasteiger partial charge is 0.481 e. The highest BCUT2D eigenvalue weighted by molar-refractivity contribution is 7.61. The van der Waals surface area contributed by atoms with Crippen LogP contribution in [0.5, 0.6) is 0 Å². The number of fused-ring (bicyclic) bond motifs is 3. The summed E-state index contributed by atoms with van der Waals surface area (Å²) in [6.45, 7) is 3.65. The number of anilines is 1. The van der Waals surface area contributed by atoms with E-state index < -0.39 is 120 Å². The van der Waals surface area contributed by atoms with Gasteiger partial charge in [-0.1, -0.05) is 122 Å². The molecule has 3 unspecified atom stereocenters. The number of phosphoric acid groups is 2. The Morgan fingerprint density at radius 3 is 2.21 bits per heavy atom. The maximum absolute atomic E-state index is 13.3. The quantitative estimate of drug-likeness (QED) is 0.0356. The van der Waals surface area contributed by atoms with Crippen LogP contribution in [0.1, 0.15) is 143 Å². The van der Waals surface area contributed by atoms with E-state index in [1.165, 1.54) is 56.1 Å². The second kappa shape index (κ2) is 30.8. The van der Waals surface area contributed by atoms with Crippen LogP contribution < -0.4 is 11.4 Å². The van der Waals surface area contributed by atoms with Crippen LogP contribution >= 0.6 is 15.6 Å². The fourth-order valence-electron chi connectivity index (χ4n) is 7.89. The Hall–Kier alpha value is -2.88. The number of aliphatic hydroxyl groups excluding tert-OH is 5. The summed E-state index contributed by atoms with van der Waals surface area (Å²) in [5.41, 5.74) is 4.72. The molecule has 23 heteroatoms. The van der Waals surface area contributed by atoms with E-state index in [1.807, 2.05) is 6.92 Å². The predicted molar refractivity (Wildman–Crippen MR) is 249 cm³/mol. The number of unbranched alkanes of at least 4 members (excludes halogenated alkanes) is 9. The van der Waals surface area contributed by atoms with Gasteiger partial charge in [-0.3, -0.25) is 23.2 Å². The summed E-state index contributed by atoms with van der Waals surface area (Å²) in [6, 6.07) is 1.22. The molecule has 2 aliphatic heterocycles. The summed E-state index contributed by atoms with van der Waals surface area (Å²) in [7, 11) is -11.3. The number of nitrogen functional groups attached to an aromatic ring is 1. The molecule has 0 aliphatic carbocycles. The van der Waals surface area contributed by atoms with Crippen molar-refractivity contribution in [1.82, 2.24) is 9.55 Å². The third kappa shape index (κ3) is 22.0. The molecule has 390 valence electrons. The highest BCUT2D eigenvalue weighted by atomic mass is 31.3. The zero-order valence-electron chi connectivity index (χ0n) is 39.7. The summed E-state index contributed by atoms with van der Waals surface area (Å²) >= 11 is 0. The van der Waals surface area contributed by atoms with E-state index in [0.29, 0.717) is 19.3 Å². The average Bonchev–Trinajstić information content (AvgIpc) is 3.27. The predicted octanol–water partition coefficient (Wildman–Crippen LogP) is 5.29. The molecule has 2 aliphatic rings. The first kappa shape index (κ1) is 59.4. The maximum atomic E-state index is 13.3. The molecule has 1 aromatic heterocycles. The highest BCUT2D eigenvalue weighted by Gasteiger charge is 2.45. The average molecular weight is 1010 g/mol. The lowest BCUT2D eigenvalue weighted by molar-refractivity contribution is -0.194. The van der Waals surface area contributed by atoms with Gasteiger partial charge in [-0.2, -0.15) is 9.29 Å². The summed E-state index contributed by atoms with van der Waals surface area (Å²) in [6.07, 6.45) is 4.97.